The Balaban J connectivity index is 0.00000210. The third-order valence-electron chi connectivity index (χ3n) is 5.90. The Labute approximate surface area is 183 Å². The van der Waals surface area contributed by atoms with E-state index in [1.807, 2.05) is 0 Å². The van der Waals surface area contributed by atoms with Crippen molar-refractivity contribution in [1.29, 1.82) is 0 Å². The molecule has 27 heavy (non-hydrogen) atoms. The lowest BCUT2D eigenvalue weighted by Crippen LogP contribution is -2.44. The Morgan fingerprint density at radius 3 is 2.78 bits per heavy atom. The van der Waals surface area contributed by atoms with E-state index in [0.29, 0.717) is 16.6 Å². The van der Waals surface area contributed by atoms with Crippen LogP contribution in [-0.2, 0) is 0 Å². The number of guanidine groups is 1. The molecule has 2 saturated heterocycles. The lowest BCUT2D eigenvalue weighted by atomic mass is 10.1. The number of hydrogen-bond acceptors (Lipinski definition) is 2. The summed E-state index contributed by atoms with van der Waals surface area (Å²) in [4.78, 5) is 9.71. The second-order valence-corrected chi connectivity index (χ2v) is 8.07. The monoisotopic (exact) mass is 506 g/mol. The molecule has 0 radical (unpaired) electrons. The van der Waals surface area contributed by atoms with Gasteiger partial charge < -0.3 is 10.2 Å². The Kier molecular flexibility index (Phi) is 7.25. The van der Waals surface area contributed by atoms with Crippen LogP contribution in [0.4, 0.5) is 4.39 Å². The van der Waals surface area contributed by atoms with Gasteiger partial charge in [-0.2, -0.15) is 0 Å². The van der Waals surface area contributed by atoms with E-state index in [0.717, 1.165) is 32.0 Å². The largest absolute Gasteiger partial charge is 0.353 e. The van der Waals surface area contributed by atoms with Gasteiger partial charge in [-0.15, -0.1) is 24.0 Å². The van der Waals surface area contributed by atoms with Crippen molar-refractivity contribution in [2.75, 3.05) is 32.7 Å². The number of aliphatic imine (C=N–C) groups is 1. The number of nitrogens with one attached hydrogen (secondary N) is 1. The second kappa shape index (κ2) is 9.27. The van der Waals surface area contributed by atoms with Crippen molar-refractivity contribution in [3.05, 3.63) is 34.6 Å². The van der Waals surface area contributed by atoms with E-state index in [1.54, 1.807) is 12.1 Å². The third kappa shape index (κ3) is 4.70. The quantitative estimate of drug-likeness (QED) is 0.379. The number of halogens is 3. The molecule has 2 heterocycles. The Bertz CT molecular complexity index is 660. The van der Waals surface area contributed by atoms with E-state index in [-0.39, 0.29) is 41.8 Å². The van der Waals surface area contributed by atoms with Crippen LogP contribution in [0.1, 0.15) is 44.1 Å². The highest BCUT2D eigenvalue weighted by molar-refractivity contribution is 14.0. The predicted molar refractivity (Wildman–Crippen MR) is 120 cm³/mol. The lowest BCUT2D eigenvalue weighted by Gasteiger charge is -2.25. The highest BCUT2D eigenvalue weighted by Gasteiger charge is 2.43. The summed E-state index contributed by atoms with van der Waals surface area (Å²) in [6.45, 7) is 7.39. The summed E-state index contributed by atoms with van der Waals surface area (Å²) in [5, 5.41) is 4.11. The van der Waals surface area contributed by atoms with Gasteiger partial charge in [0.2, 0.25) is 0 Å². The van der Waals surface area contributed by atoms with Crippen molar-refractivity contribution in [2.24, 2.45) is 4.99 Å². The fraction of sp³-hybridized carbons (Fsp3) is 0.650. The third-order valence-corrected chi connectivity index (χ3v) is 6.23. The minimum atomic E-state index is -0.198. The fourth-order valence-corrected chi connectivity index (χ4v) is 4.73. The molecule has 4 nitrogen and oxygen atoms in total. The van der Waals surface area contributed by atoms with Gasteiger partial charge in [0.15, 0.2) is 5.96 Å². The van der Waals surface area contributed by atoms with Crippen molar-refractivity contribution in [2.45, 2.75) is 50.6 Å². The molecule has 0 bridgehead atoms. The van der Waals surface area contributed by atoms with Gasteiger partial charge in [-0.25, -0.2) is 4.39 Å². The molecule has 1 aliphatic carbocycles. The van der Waals surface area contributed by atoms with E-state index in [2.05, 4.69) is 22.0 Å². The standard InChI is InChI=1S/C20H28ClFN4.HI/c1-2-23-20(26-11-8-14(13-26)25-9-3-4-10-25)24-18-12-15(18)19-16(21)6-5-7-17(19)22;/h5-7,14-15,18H,2-4,8-13H2,1H3,(H,23,24);1H. The van der Waals surface area contributed by atoms with Gasteiger partial charge in [-0.1, -0.05) is 17.7 Å². The highest BCUT2D eigenvalue weighted by atomic mass is 127. The van der Waals surface area contributed by atoms with Crippen LogP contribution in [0.5, 0.6) is 0 Å². The summed E-state index contributed by atoms with van der Waals surface area (Å²) >= 11 is 6.23. The van der Waals surface area contributed by atoms with Crippen molar-refractivity contribution in [3.8, 4) is 0 Å². The van der Waals surface area contributed by atoms with Crippen molar-refractivity contribution < 1.29 is 4.39 Å². The Morgan fingerprint density at radius 2 is 2.07 bits per heavy atom. The molecule has 3 fully saturated rings. The van der Waals surface area contributed by atoms with E-state index in [4.69, 9.17) is 16.6 Å². The Morgan fingerprint density at radius 1 is 1.30 bits per heavy atom. The van der Waals surface area contributed by atoms with E-state index >= 15 is 0 Å². The first-order chi connectivity index (χ1) is 12.7. The summed E-state index contributed by atoms with van der Waals surface area (Å²) in [6, 6.07) is 5.81. The molecule has 1 aromatic carbocycles. The molecule has 2 aliphatic heterocycles. The molecule has 1 aromatic rings. The van der Waals surface area contributed by atoms with Gasteiger partial charge in [0.1, 0.15) is 5.82 Å². The van der Waals surface area contributed by atoms with Crippen molar-refractivity contribution in [1.82, 2.24) is 15.1 Å². The van der Waals surface area contributed by atoms with Gasteiger partial charge in [0.05, 0.1) is 0 Å². The van der Waals surface area contributed by atoms with Gasteiger partial charge in [0, 0.05) is 48.2 Å². The maximum absolute atomic E-state index is 14.2. The molecule has 1 saturated carbocycles. The van der Waals surface area contributed by atoms with E-state index in [9.17, 15) is 4.39 Å². The zero-order chi connectivity index (χ0) is 18.1. The highest BCUT2D eigenvalue weighted by Crippen LogP contribution is 2.45. The average Bonchev–Trinajstić information content (AvgIpc) is 3.06. The summed E-state index contributed by atoms with van der Waals surface area (Å²) in [7, 11) is 0. The minimum Gasteiger partial charge on any atom is -0.353 e. The summed E-state index contributed by atoms with van der Waals surface area (Å²) < 4.78 is 14.2. The van der Waals surface area contributed by atoms with Crippen LogP contribution in [0.2, 0.25) is 5.02 Å². The summed E-state index contributed by atoms with van der Waals surface area (Å²) in [6.07, 6.45) is 4.78. The molecule has 0 spiro atoms. The number of likely N-dealkylation sites (tertiary alicyclic amines) is 2. The van der Waals surface area contributed by atoms with Crippen LogP contribution < -0.4 is 5.32 Å². The SMILES string of the molecule is CCN=C(NC1CC1c1c(F)cccc1Cl)N1CCC(N2CCCC2)C1.I. The lowest BCUT2D eigenvalue weighted by molar-refractivity contribution is 0.249. The molecule has 3 aliphatic rings. The smallest absolute Gasteiger partial charge is 0.194 e. The van der Waals surface area contributed by atoms with Crippen LogP contribution >= 0.6 is 35.6 Å². The van der Waals surface area contributed by atoms with Crippen LogP contribution in [0.3, 0.4) is 0 Å². The van der Waals surface area contributed by atoms with Gasteiger partial charge in [-0.3, -0.25) is 9.89 Å². The predicted octanol–water partition coefficient (Wildman–Crippen LogP) is 4.09. The van der Waals surface area contributed by atoms with Crippen LogP contribution in [0, 0.1) is 5.82 Å². The first-order valence-electron chi connectivity index (χ1n) is 9.91. The normalized spacial score (nSPS) is 28.3. The maximum atomic E-state index is 14.2. The minimum absolute atomic E-state index is 0. The number of benzene rings is 1. The zero-order valence-corrected chi connectivity index (χ0v) is 18.9. The number of nitrogens with zero attached hydrogens (tertiary/aromatic N) is 3. The van der Waals surface area contributed by atoms with Crippen molar-refractivity contribution in [3.63, 3.8) is 0 Å². The topological polar surface area (TPSA) is 30.9 Å². The molecule has 3 atom stereocenters. The molecule has 7 heteroatoms. The summed E-state index contributed by atoms with van der Waals surface area (Å²) in [5.74, 6) is 0.924. The second-order valence-electron chi connectivity index (χ2n) is 7.66. The molecule has 0 amide bonds. The van der Waals surface area contributed by atoms with Gasteiger partial charge >= 0.3 is 0 Å². The van der Waals surface area contributed by atoms with Crippen molar-refractivity contribution >= 4 is 41.5 Å². The maximum Gasteiger partial charge on any atom is 0.194 e. The van der Waals surface area contributed by atoms with Crippen LogP contribution in [0.15, 0.2) is 23.2 Å². The molecule has 1 N–H and O–H groups in total. The summed E-state index contributed by atoms with van der Waals surface area (Å²) in [5.41, 5.74) is 0.652. The van der Waals surface area contributed by atoms with Gasteiger partial charge in [-0.05, 0) is 57.8 Å². The molecule has 0 aromatic heterocycles. The zero-order valence-electron chi connectivity index (χ0n) is 15.8. The van der Waals surface area contributed by atoms with Crippen LogP contribution in [-0.4, -0.2) is 60.6 Å². The Hall–Kier alpha value is -0.600. The molecule has 4 rings (SSSR count). The molecule has 3 unspecified atom stereocenters. The molecular formula is C20H29ClFIN4. The first kappa shape index (κ1) is 21.1. The fourth-order valence-electron chi connectivity index (χ4n) is 4.43. The average molecular weight is 507 g/mol. The number of rotatable bonds is 4. The van der Waals surface area contributed by atoms with Gasteiger partial charge in [0.25, 0.3) is 0 Å². The van der Waals surface area contributed by atoms with E-state index in [1.165, 1.54) is 38.4 Å². The van der Waals surface area contributed by atoms with Crippen LogP contribution in [0.25, 0.3) is 0 Å². The van der Waals surface area contributed by atoms with E-state index < -0.39 is 0 Å². The molecule has 150 valence electrons. The first-order valence-corrected chi connectivity index (χ1v) is 10.3. The number of hydrogen-bond donors (Lipinski definition) is 1. The molecular weight excluding hydrogens is 478 g/mol.